The van der Waals surface area contributed by atoms with Gasteiger partial charge >= 0.3 is 28.8 Å². The molecule has 0 bridgehead atoms. The zero-order chi connectivity index (χ0) is 82.0. The van der Waals surface area contributed by atoms with E-state index < -0.39 is 100 Å². The number of alkyl halides is 10. The second-order valence-corrected chi connectivity index (χ2v) is 29.6. The molecule has 10 N–H and O–H groups in total. The number of aliphatic hydroxyl groups excluding tert-OH is 4. The number of carbonyl (C=O) groups is 3. The number of aromatic amines is 1. The topological polar surface area (TPSA) is 456 Å². The second-order valence-electron chi connectivity index (χ2n) is 27.9. The number of ketones is 3. The zero-order valence-corrected chi connectivity index (χ0v) is 63.1. The van der Waals surface area contributed by atoms with Crippen molar-refractivity contribution in [3.63, 3.8) is 0 Å². The van der Waals surface area contributed by atoms with E-state index in [1.54, 1.807) is 19.9 Å². The van der Waals surface area contributed by atoms with Crippen molar-refractivity contribution in [1.29, 1.82) is 0 Å². The van der Waals surface area contributed by atoms with E-state index in [1.165, 1.54) is 70.9 Å². The van der Waals surface area contributed by atoms with Gasteiger partial charge in [-0.3, -0.25) is 33.0 Å². The molecule has 14 rings (SSSR count). The van der Waals surface area contributed by atoms with Crippen LogP contribution in [0.15, 0.2) is 105 Å². The Hall–Kier alpha value is -9.48. The molecule has 5 fully saturated rings. The molecule has 9 aromatic heterocycles. The summed E-state index contributed by atoms with van der Waals surface area (Å²) in [4.78, 5) is 63.8. The lowest BCUT2D eigenvalue weighted by Gasteiger charge is -2.24. The van der Waals surface area contributed by atoms with E-state index in [0.29, 0.717) is 46.6 Å². The SMILES string of the molecule is Cc1cc(C(=O)c2cncnc2N[C@@H]2C[C@H](CO)[C@H]3OC(C)(C)O[C@H]32)n[nH]1.Cc1cc(C(=O)c2cncnc2N[C@@H]2C[C@H](CO)[C@H]3OC(C)(C)O[C@H]32)nn1Cc1ccc(C(F)(F)F)o1.Cc1cc(C(=O)c2cncnc2N[C@@H]2C[C@H](COS(N)(=O)=O)[C@@H](O)[C@H]2O)nn1Cc1ccc(C(F)(F)F)o1.FC(F)(F)c1ccc(CBr)o1. The molecule has 3 aliphatic carbocycles. The predicted octanol–water partition coefficient (Wildman–Crippen LogP) is 8.05. The molecule has 610 valence electrons. The number of halogens is 10. The third-order valence-corrected chi connectivity index (χ3v) is 19.7. The van der Waals surface area contributed by atoms with Gasteiger partial charge < -0.3 is 68.6 Å². The summed E-state index contributed by atoms with van der Waals surface area (Å²) in [6.07, 6.45) is -8.16. The molecule has 0 unspecified atom stereocenters. The zero-order valence-electron chi connectivity index (χ0n) is 60.7. The Bertz CT molecular complexity index is 4950. The molecule has 5 aliphatic rings. The molecule has 12 atom stereocenters. The fourth-order valence-electron chi connectivity index (χ4n) is 13.4. The van der Waals surface area contributed by atoms with Gasteiger partial charge in [-0.2, -0.15) is 63.2 Å². The van der Waals surface area contributed by atoms with Gasteiger partial charge in [-0.05, 0) is 122 Å². The average Bonchev–Trinajstić information content (AvgIpc) is 1.61. The van der Waals surface area contributed by atoms with Crippen LogP contribution in [0, 0.1) is 38.5 Å². The quantitative estimate of drug-likeness (QED) is 0.0176. The van der Waals surface area contributed by atoms with E-state index in [-0.39, 0.29) is 138 Å². The van der Waals surface area contributed by atoms with E-state index in [2.05, 4.69) is 90.8 Å². The van der Waals surface area contributed by atoms with Crippen molar-refractivity contribution in [2.24, 2.45) is 22.9 Å². The molecule has 0 amide bonds. The van der Waals surface area contributed by atoms with Crippen LogP contribution in [0.25, 0.3) is 0 Å². The Labute approximate surface area is 644 Å². The van der Waals surface area contributed by atoms with Crippen LogP contribution in [0.1, 0.15) is 147 Å². The van der Waals surface area contributed by atoms with E-state index >= 15 is 0 Å². The maximum Gasteiger partial charge on any atom is 0.449 e. The third-order valence-electron chi connectivity index (χ3n) is 18.6. The minimum atomic E-state index is -4.63. The number of ether oxygens (including phenoxy) is 4. The first-order chi connectivity index (χ1) is 53.1. The van der Waals surface area contributed by atoms with Crippen molar-refractivity contribution in [3.8, 4) is 0 Å². The number of nitrogens with one attached hydrogen (secondary N) is 4. The number of nitrogens with zero attached hydrogens (tertiary/aromatic N) is 11. The van der Waals surface area contributed by atoms with Crippen molar-refractivity contribution in [2.75, 3.05) is 35.8 Å². The number of hydrogen-bond donors (Lipinski definition) is 9. The van der Waals surface area contributed by atoms with Gasteiger partial charge in [0, 0.05) is 66.6 Å². The smallest absolute Gasteiger partial charge is 0.449 e. The summed E-state index contributed by atoms with van der Waals surface area (Å²) in [7, 11) is -4.25. The highest BCUT2D eigenvalue weighted by molar-refractivity contribution is 9.08. The van der Waals surface area contributed by atoms with Crippen LogP contribution in [-0.2, 0) is 70.4 Å². The number of anilines is 3. The van der Waals surface area contributed by atoms with Gasteiger partial charge in [0.1, 0.15) is 89.1 Å². The molecule has 0 aromatic carbocycles. The van der Waals surface area contributed by atoms with Crippen LogP contribution in [0.4, 0.5) is 57.0 Å². The standard InChI is InChI=1S/C24H26F3N5O5.C21H23F3N6O7S.C18H23N5O4.C6H4BrF3O/c1-12-6-16(31-32(12)9-14-4-5-18(35-14)24(25,26)27)19(34)15-8-28-11-29-22(15)30-17-7-13(10-33)20-21(17)37-23(2,3)36-20;1-10-4-15(29-30(10)7-12-2-3-16(37-12)21(22,23)24)18(32)13-6-26-9-27-20(13)28-14-5-11(17(31)19(14)33)8-36-38(25,34)35;1-9-4-12(23-22-9)14(25)11-6-19-8-20-17(11)21-13-5-10(7-24)15-16(13)27-18(2,3)26-15;7-3-4-1-2-5(11-4)6(8,9)10/h4-6,8,11,13,17,20-21,33H,7,9-10H2,1-3H3,(H,28,29,30);2-4,6,9,11,14,17,19,31,33H,5,7-8H2,1H3,(H2,25,34,35)(H,26,27,28);4,6,8,10,13,15-16,24H,5,7H2,1-3H3,(H,22,23)(H,19,20,21);1-2H,3H2/t13-,17-,20-,21+;11-,14-,17-,19+;10-,13-,15-,16+;/m111./s1. The lowest BCUT2D eigenvalue weighted by molar-refractivity contribution is -0.159. The van der Waals surface area contributed by atoms with Gasteiger partial charge in [0.05, 0.1) is 78.2 Å². The molecule has 9 aromatic rings. The summed E-state index contributed by atoms with van der Waals surface area (Å²) < 4.78 is 180. The summed E-state index contributed by atoms with van der Waals surface area (Å²) in [5.41, 5.74) is 2.65. The number of aliphatic hydroxyl groups is 4. The maximum atomic E-state index is 13.4. The Morgan fingerprint density at radius 1 is 0.566 bits per heavy atom. The molecule has 11 heterocycles. The summed E-state index contributed by atoms with van der Waals surface area (Å²) >= 11 is 2.98. The molecule has 2 aliphatic heterocycles. The van der Waals surface area contributed by atoms with Crippen molar-refractivity contribution in [2.45, 2.75) is 171 Å². The molecule has 33 nitrogen and oxygen atoms in total. The number of fused-ring (bicyclic) bond motifs is 2. The number of aryl methyl sites for hydroxylation is 3. The van der Waals surface area contributed by atoms with E-state index in [4.69, 9.17) is 32.9 Å². The Morgan fingerprint density at radius 3 is 1.29 bits per heavy atom. The second kappa shape index (κ2) is 33.9. The van der Waals surface area contributed by atoms with E-state index in [0.717, 1.165) is 30.2 Å². The van der Waals surface area contributed by atoms with E-state index in [1.807, 2.05) is 34.6 Å². The minimum absolute atomic E-state index is 0.0114. The van der Waals surface area contributed by atoms with Gasteiger partial charge in [0.2, 0.25) is 34.6 Å². The summed E-state index contributed by atoms with van der Waals surface area (Å²) in [5.74, 6) is -5.96. The monoisotopic (exact) mass is 1680 g/mol. The van der Waals surface area contributed by atoms with Crippen molar-refractivity contribution in [1.82, 2.24) is 59.7 Å². The van der Waals surface area contributed by atoms with Crippen molar-refractivity contribution in [3.05, 3.63) is 178 Å². The third kappa shape index (κ3) is 20.4. The average molecular weight is 1680 g/mol. The predicted molar refractivity (Wildman–Crippen MR) is 375 cm³/mol. The molecular formula is C69H76BrF9N16O17S. The van der Waals surface area contributed by atoms with Crippen LogP contribution in [-0.4, -0.2) is 192 Å². The van der Waals surface area contributed by atoms with Crippen molar-refractivity contribution < 1.29 is 119 Å². The summed E-state index contributed by atoms with van der Waals surface area (Å²) in [6.45, 7) is 11.7. The number of H-pyrrole nitrogens is 1. The number of carbonyl (C=O) groups excluding carboxylic acids is 3. The lowest BCUT2D eigenvalue weighted by Crippen LogP contribution is -2.36. The first-order valence-corrected chi connectivity index (χ1v) is 37.1. The summed E-state index contributed by atoms with van der Waals surface area (Å²) in [6, 6.07) is 9.66. The van der Waals surface area contributed by atoms with Gasteiger partial charge in [0.15, 0.2) is 11.6 Å². The molecular weight excluding hydrogens is 1610 g/mol. The molecule has 2 saturated heterocycles. The van der Waals surface area contributed by atoms with Crippen LogP contribution in [0.3, 0.4) is 0 Å². The van der Waals surface area contributed by atoms with Gasteiger partial charge in [-0.1, -0.05) is 15.9 Å². The van der Waals surface area contributed by atoms with Crippen LogP contribution in [0.5, 0.6) is 0 Å². The number of furan rings is 3. The summed E-state index contributed by atoms with van der Waals surface area (Å²) in [5, 5.41) is 70.0. The first-order valence-electron chi connectivity index (χ1n) is 34.5. The van der Waals surface area contributed by atoms with E-state index in [9.17, 15) is 82.7 Å². The highest BCUT2D eigenvalue weighted by Crippen LogP contribution is 2.45. The normalized spacial score (nSPS) is 23.6. The Balaban J connectivity index is 0.000000158. The number of hydrogen-bond acceptors (Lipinski definition) is 29. The molecule has 3 saturated carbocycles. The number of rotatable bonds is 22. The minimum Gasteiger partial charge on any atom is -0.456 e. The highest BCUT2D eigenvalue weighted by Gasteiger charge is 2.56. The fourth-order valence-corrected chi connectivity index (χ4v) is 14.1. The fraction of sp³-hybridized carbons (Fsp3) is 0.478. The lowest BCUT2D eigenvalue weighted by atomic mass is 10.1. The Kier molecular flexibility index (Phi) is 25.3. The largest absolute Gasteiger partial charge is 0.456 e. The van der Waals surface area contributed by atoms with Crippen LogP contribution in [0.2, 0.25) is 0 Å². The highest BCUT2D eigenvalue weighted by atomic mass is 79.9. The first kappa shape index (κ1) is 84.4. The van der Waals surface area contributed by atoms with Gasteiger partial charge in [-0.15, -0.1) is 0 Å². The van der Waals surface area contributed by atoms with Crippen molar-refractivity contribution >= 4 is 61.0 Å². The van der Waals surface area contributed by atoms with Gasteiger partial charge in [0.25, 0.3) is 0 Å². The maximum absolute atomic E-state index is 13.4. The molecule has 0 spiro atoms. The number of aromatic nitrogens is 12. The Morgan fingerprint density at radius 2 is 0.938 bits per heavy atom. The molecule has 44 heteroatoms. The number of nitrogens with two attached hydrogens (primary N) is 1. The van der Waals surface area contributed by atoms with Gasteiger partial charge in [-0.25, -0.2) is 35.0 Å². The molecule has 0 radical (unpaired) electrons. The van der Waals surface area contributed by atoms with Crippen LogP contribution < -0.4 is 21.1 Å². The molecule has 113 heavy (non-hydrogen) atoms. The van der Waals surface area contributed by atoms with Crippen LogP contribution >= 0.6 is 15.9 Å².